The summed E-state index contributed by atoms with van der Waals surface area (Å²) in [5.41, 5.74) is 2.39. The maximum atomic E-state index is 12.9. The van der Waals surface area contributed by atoms with Gasteiger partial charge in [0.1, 0.15) is 15.5 Å². The summed E-state index contributed by atoms with van der Waals surface area (Å²) in [5.74, 6) is 0.00998. The summed E-state index contributed by atoms with van der Waals surface area (Å²) >= 11 is 1.16. The standard InChI is InChI=1S/C28H31N3O5S/c1-3-36-28(34)25-19(2)24-26(33)29-23(30-27(24)37-25)16-31(14-20-10-6-4-7-11-20)15-22(32)18-35-17-21-12-8-5-9-13-21/h4-13,22,32H,3,14-18H2,1-2H3,(H,29,30,33). The van der Waals surface area contributed by atoms with Gasteiger partial charge in [0.25, 0.3) is 5.56 Å². The van der Waals surface area contributed by atoms with Crippen molar-refractivity contribution in [3.63, 3.8) is 0 Å². The van der Waals surface area contributed by atoms with Gasteiger partial charge in [0.05, 0.1) is 37.9 Å². The number of benzene rings is 2. The first kappa shape index (κ1) is 26.7. The van der Waals surface area contributed by atoms with E-state index >= 15 is 0 Å². The Morgan fingerprint density at radius 3 is 2.43 bits per heavy atom. The number of carbonyl (C=O) groups is 1. The summed E-state index contributed by atoms with van der Waals surface area (Å²) in [5, 5.41) is 11.1. The molecule has 0 bridgehead atoms. The zero-order valence-corrected chi connectivity index (χ0v) is 21.8. The Balaban J connectivity index is 1.50. The molecule has 2 N–H and O–H groups in total. The van der Waals surface area contributed by atoms with E-state index in [9.17, 15) is 14.7 Å². The first-order valence-corrected chi connectivity index (χ1v) is 13.0. The average molecular weight is 522 g/mol. The zero-order valence-electron chi connectivity index (χ0n) is 21.0. The van der Waals surface area contributed by atoms with Crippen LogP contribution in [-0.4, -0.2) is 51.8 Å². The van der Waals surface area contributed by atoms with Crippen molar-refractivity contribution in [3.05, 3.63) is 98.4 Å². The maximum absolute atomic E-state index is 12.9. The van der Waals surface area contributed by atoms with Crippen molar-refractivity contribution in [2.75, 3.05) is 19.8 Å². The summed E-state index contributed by atoms with van der Waals surface area (Å²) in [7, 11) is 0. The lowest BCUT2D eigenvalue weighted by molar-refractivity contribution is 0.00673. The van der Waals surface area contributed by atoms with Crippen LogP contribution in [0, 0.1) is 6.92 Å². The summed E-state index contributed by atoms with van der Waals surface area (Å²) in [4.78, 5) is 35.6. The van der Waals surface area contributed by atoms with E-state index in [2.05, 4.69) is 9.97 Å². The third-order valence-electron chi connectivity index (χ3n) is 5.82. The minimum atomic E-state index is -0.734. The van der Waals surface area contributed by atoms with Crippen molar-refractivity contribution in [1.29, 1.82) is 0 Å². The summed E-state index contributed by atoms with van der Waals surface area (Å²) in [6, 6.07) is 19.7. The van der Waals surface area contributed by atoms with Crippen LogP contribution in [0.5, 0.6) is 0 Å². The predicted octanol–water partition coefficient (Wildman–Crippen LogP) is 4.05. The molecule has 8 nitrogen and oxygen atoms in total. The molecule has 0 saturated carbocycles. The first-order valence-electron chi connectivity index (χ1n) is 12.2. The molecule has 2 aromatic heterocycles. The molecule has 1 atom stereocenters. The van der Waals surface area contributed by atoms with E-state index in [1.165, 1.54) is 0 Å². The molecule has 4 rings (SSSR count). The minimum absolute atomic E-state index is 0.177. The highest BCUT2D eigenvalue weighted by Gasteiger charge is 2.21. The quantitative estimate of drug-likeness (QED) is 0.271. The Kier molecular flexibility index (Phi) is 9.19. The molecule has 2 aromatic carbocycles. The molecule has 0 amide bonds. The Labute approximate surface area is 219 Å². The van der Waals surface area contributed by atoms with Gasteiger partial charge in [-0.25, -0.2) is 9.78 Å². The second kappa shape index (κ2) is 12.7. The number of thiophene rings is 1. The highest BCUT2D eigenvalue weighted by molar-refractivity contribution is 7.20. The van der Waals surface area contributed by atoms with E-state index in [1.807, 2.05) is 65.6 Å². The second-order valence-corrected chi connectivity index (χ2v) is 9.78. The van der Waals surface area contributed by atoms with Crippen LogP contribution in [0.2, 0.25) is 0 Å². The number of H-pyrrole nitrogens is 1. The Morgan fingerprint density at radius 1 is 1.08 bits per heavy atom. The molecule has 37 heavy (non-hydrogen) atoms. The van der Waals surface area contributed by atoms with Gasteiger partial charge in [-0.3, -0.25) is 9.69 Å². The largest absolute Gasteiger partial charge is 0.462 e. The van der Waals surface area contributed by atoms with Gasteiger partial charge in [0.15, 0.2) is 0 Å². The fourth-order valence-corrected chi connectivity index (χ4v) is 5.23. The molecule has 4 aromatic rings. The van der Waals surface area contributed by atoms with Gasteiger partial charge in [-0.1, -0.05) is 60.7 Å². The van der Waals surface area contributed by atoms with Gasteiger partial charge in [-0.15, -0.1) is 11.3 Å². The van der Waals surface area contributed by atoms with Crippen LogP contribution in [0.4, 0.5) is 0 Å². The second-order valence-electron chi connectivity index (χ2n) is 8.78. The topological polar surface area (TPSA) is 105 Å². The number of aromatic amines is 1. The number of fused-ring (bicyclic) bond motifs is 1. The van der Waals surface area contributed by atoms with Crippen LogP contribution >= 0.6 is 11.3 Å². The molecule has 1 unspecified atom stereocenters. The molecule has 0 aliphatic carbocycles. The average Bonchev–Trinajstić information content (AvgIpc) is 3.22. The lowest BCUT2D eigenvalue weighted by Crippen LogP contribution is -2.35. The molecule has 0 radical (unpaired) electrons. The van der Waals surface area contributed by atoms with E-state index in [0.29, 0.717) is 52.7 Å². The van der Waals surface area contributed by atoms with Gasteiger partial charge in [-0.05, 0) is 30.5 Å². The molecule has 0 fully saturated rings. The number of esters is 1. The number of rotatable bonds is 12. The van der Waals surface area contributed by atoms with Crippen LogP contribution in [0.3, 0.4) is 0 Å². The van der Waals surface area contributed by atoms with Crippen LogP contribution in [0.15, 0.2) is 65.5 Å². The van der Waals surface area contributed by atoms with Crippen molar-refractivity contribution in [1.82, 2.24) is 14.9 Å². The number of hydrogen-bond acceptors (Lipinski definition) is 8. The van der Waals surface area contributed by atoms with Crippen LogP contribution in [0.25, 0.3) is 10.2 Å². The number of aliphatic hydroxyl groups excluding tert-OH is 1. The zero-order chi connectivity index (χ0) is 26.2. The number of nitrogens with zero attached hydrogens (tertiary/aromatic N) is 2. The monoisotopic (exact) mass is 521 g/mol. The third-order valence-corrected chi connectivity index (χ3v) is 6.99. The predicted molar refractivity (Wildman–Crippen MR) is 144 cm³/mol. The molecule has 0 spiro atoms. The van der Waals surface area contributed by atoms with Crippen molar-refractivity contribution in [3.8, 4) is 0 Å². The number of aromatic nitrogens is 2. The molecule has 2 heterocycles. The Morgan fingerprint density at radius 2 is 1.76 bits per heavy atom. The van der Waals surface area contributed by atoms with Gasteiger partial charge in [0.2, 0.25) is 0 Å². The van der Waals surface area contributed by atoms with E-state index < -0.39 is 12.1 Å². The van der Waals surface area contributed by atoms with E-state index in [0.717, 1.165) is 22.5 Å². The highest BCUT2D eigenvalue weighted by Crippen LogP contribution is 2.27. The number of carbonyl (C=O) groups excluding carboxylic acids is 1. The Hall–Kier alpha value is -3.37. The summed E-state index contributed by atoms with van der Waals surface area (Å²) in [6.45, 7) is 5.51. The Bertz CT molecular complexity index is 1370. The lowest BCUT2D eigenvalue weighted by atomic mass is 10.2. The minimum Gasteiger partial charge on any atom is -0.462 e. The van der Waals surface area contributed by atoms with Crippen molar-refractivity contribution >= 4 is 27.5 Å². The van der Waals surface area contributed by atoms with Crippen LogP contribution in [-0.2, 0) is 29.2 Å². The molecule has 0 saturated heterocycles. The van der Waals surface area contributed by atoms with Gasteiger partial charge in [-0.2, -0.15) is 0 Å². The van der Waals surface area contributed by atoms with E-state index in [-0.39, 0.29) is 18.8 Å². The van der Waals surface area contributed by atoms with Crippen molar-refractivity contribution in [2.45, 2.75) is 39.6 Å². The van der Waals surface area contributed by atoms with Gasteiger partial charge < -0.3 is 19.6 Å². The maximum Gasteiger partial charge on any atom is 0.348 e. The fourth-order valence-electron chi connectivity index (χ4n) is 4.13. The van der Waals surface area contributed by atoms with E-state index in [1.54, 1.807) is 13.8 Å². The SMILES string of the molecule is CCOC(=O)c1sc2nc(CN(Cc3ccccc3)CC(O)COCc3ccccc3)[nH]c(=O)c2c1C. The summed E-state index contributed by atoms with van der Waals surface area (Å²) < 4.78 is 10.9. The molecule has 9 heteroatoms. The fraction of sp³-hybridized carbons (Fsp3) is 0.321. The van der Waals surface area contributed by atoms with E-state index in [4.69, 9.17) is 9.47 Å². The molecule has 0 aliphatic heterocycles. The van der Waals surface area contributed by atoms with Crippen molar-refractivity contribution < 1.29 is 19.4 Å². The molecule has 0 aliphatic rings. The van der Waals surface area contributed by atoms with Crippen LogP contribution < -0.4 is 5.56 Å². The molecular formula is C28H31N3O5S. The summed E-state index contributed by atoms with van der Waals surface area (Å²) in [6.07, 6.45) is -0.734. The van der Waals surface area contributed by atoms with Crippen LogP contribution in [0.1, 0.15) is 39.1 Å². The van der Waals surface area contributed by atoms with Gasteiger partial charge in [0, 0.05) is 13.1 Å². The lowest BCUT2D eigenvalue weighted by Gasteiger charge is -2.25. The number of aliphatic hydroxyl groups is 1. The normalized spacial score (nSPS) is 12.2. The van der Waals surface area contributed by atoms with Gasteiger partial charge >= 0.3 is 5.97 Å². The first-order chi connectivity index (χ1) is 17.9. The number of ether oxygens (including phenoxy) is 2. The molecular weight excluding hydrogens is 490 g/mol. The smallest absolute Gasteiger partial charge is 0.348 e. The molecule has 194 valence electrons. The van der Waals surface area contributed by atoms with Crippen molar-refractivity contribution in [2.24, 2.45) is 0 Å². The number of nitrogens with one attached hydrogen (secondary N) is 1. The number of hydrogen-bond donors (Lipinski definition) is 2. The third kappa shape index (κ3) is 7.11. The number of aryl methyl sites for hydroxylation is 1. The highest BCUT2D eigenvalue weighted by atomic mass is 32.1.